The van der Waals surface area contributed by atoms with Crippen LogP contribution in [0.1, 0.15) is 18.0 Å². The molecule has 0 aromatic carbocycles. The Balaban J connectivity index is 2.01. The normalized spacial score (nSPS) is 27.5. The van der Waals surface area contributed by atoms with Crippen LogP contribution in [0.3, 0.4) is 0 Å². The van der Waals surface area contributed by atoms with E-state index in [2.05, 4.69) is 15.6 Å². The van der Waals surface area contributed by atoms with Crippen molar-refractivity contribution < 1.29 is 0 Å². The lowest BCUT2D eigenvalue weighted by Crippen LogP contribution is -2.10. The van der Waals surface area contributed by atoms with Gasteiger partial charge in [0.1, 0.15) is 0 Å². The van der Waals surface area contributed by atoms with Crippen molar-refractivity contribution in [3.63, 3.8) is 0 Å². The van der Waals surface area contributed by atoms with E-state index in [4.69, 9.17) is 0 Å². The minimum atomic E-state index is 0.692. The quantitative estimate of drug-likeness (QED) is 0.694. The average molecular weight is 166 g/mol. The van der Waals surface area contributed by atoms with Crippen molar-refractivity contribution >= 4 is 0 Å². The summed E-state index contributed by atoms with van der Waals surface area (Å²) in [4.78, 5) is 0. The highest BCUT2D eigenvalue weighted by Gasteiger charge is 2.39. The van der Waals surface area contributed by atoms with Crippen LogP contribution >= 0.6 is 0 Å². The van der Waals surface area contributed by atoms with Gasteiger partial charge < -0.3 is 5.32 Å². The van der Waals surface area contributed by atoms with Gasteiger partial charge in [-0.1, -0.05) is 5.21 Å². The third kappa shape index (κ3) is 1.22. The van der Waals surface area contributed by atoms with Gasteiger partial charge in [-0.2, -0.15) is 0 Å². The van der Waals surface area contributed by atoms with Crippen LogP contribution in [-0.2, 0) is 7.05 Å². The largest absolute Gasteiger partial charge is 0.319 e. The highest BCUT2D eigenvalue weighted by molar-refractivity contribution is 5.14. The second-order valence-corrected chi connectivity index (χ2v) is 3.44. The Morgan fingerprint density at radius 2 is 2.58 bits per heavy atom. The number of nitrogens with one attached hydrogen (secondary N) is 1. The molecule has 2 atom stereocenters. The minimum Gasteiger partial charge on any atom is -0.319 e. The van der Waals surface area contributed by atoms with Gasteiger partial charge in [0.05, 0.1) is 11.9 Å². The number of aromatic nitrogens is 3. The Morgan fingerprint density at radius 3 is 3.17 bits per heavy atom. The zero-order valence-electron chi connectivity index (χ0n) is 7.49. The summed E-state index contributed by atoms with van der Waals surface area (Å²) in [6.07, 6.45) is 3.16. The summed E-state index contributed by atoms with van der Waals surface area (Å²) in [7, 11) is 3.95. The Morgan fingerprint density at radius 1 is 1.75 bits per heavy atom. The molecule has 1 aromatic rings. The number of rotatable bonds is 3. The Hall–Kier alpha value is -0.900. The molecule has 1 aliphatic rings. The molecule has 0 radical (unpaired) electrons. The van der Waals surface area contributed by atoms with Gasteiger partial charge >= 0.3 is 0 Å². The molecule has 0 amide bonds. The molecule has 0 aliphatic heterocycles. The molecule has 1 aliphatic carbocycles. The molecule has 1 heterocycles. The van der Waals surface area contributed by atoms with Crippen LogP contribution < -0.4 is 5.32 Å². The van der Waals surface area contributed by atoms with Crippen molar-refractivity contribution in [3.8, 4) is 0 Å². The lowest BCUT2D eigenvalue weighted by atomic mass is 10.2. The van der Waals surface area contributed by atoms with Gasteiger partial charge in [-0.3, -0.25) is 4.68 Å². The summed E-state index contributed by atoms with van der Waals surface area (Å²) in [5.74, 6) is 1.49. The van der Waals surface area contributed by atoms with Gasteiger partial charge in [-0.15, -0.1) is 5.10 Å². The van der Waals surface area contributed by atoms with Crippen LogP contribution in [0.15, 0.2) is 6.20 Å². The minimum absolute atomic E-state index is 0.692. The van der Waals surface area contributed by atoms with Gasteiger partial charge in [0, 0.05) is 13.0 Å². The first-order chi connectivity index (χ1) is 5.83. The zero-order chi connectivity index (χ0) is 8.55. The fraction of sp³-hybridized carbons (Fsp3) is 0.750. The van der Waals surface area contributed by atoms with E-state index in [1.54, 1.807) is 0 Å². The summed E-state index contributed by atoms with van der Waals surface area (Å²) in [5.41, 5.74) is 1.27. The maximum Gasteiger partial charge on any atom is 0.0728 e. The van der Waals surface area contributed by atoms with Gasteiger partial charge in [0.2, 0.25) is 0 Å². The van der Waals surface area contributed by atoms with E-state index < -0.39 is 0 Å². The van der Waals surface area contributed by atoms with Gasteiger partial charge in [0.15, 0.2) is 0 Å². The second kappa shape index (κ2) is 2.86. The topological polar surface area (TPSA) is 42.7 Å². The van der Waals surface area contributed by atoms with E-state index in [0.717, 1.165) is 12.5 Å². The first-order valence-corrected chi connectivity index (χ1v) is 4.32. The molecule has 0 saturated heterocycles. The van der Waals surface area contributed by atoms with E-state index in [1.165, 1.54) is 12.1 Å². The third-order valence-electron chi connectivity index (χ3n) is 2.52. The van der Waals surface area contributed by atoms with E-state index >= 15 is 0 Å². The maximum atomic E-state index is 3.92. The number of aryl methyl sites for hydroxylation is 1. The summed E-state index contributed by atoms with van der Waals surface area (Å²) >= 11 is 0. The first kappa shape index (κ1) is 7.73. The molecular formula is C8H14N4. The van der Waals surface area contributed by atoms with Crippen molar-refractivity contribution in [1.82, 2.24) is 20.3 Å². The Labute approximate surface area is 72.0 Å². The van der Waals surface area contributed by atoms with E-state index in [-0.39, 0.29) is 0 Å². The van der Waals surface area contributed by atoms with Crippen molar-refractivity contribution in [2.45, 2.75) is 12.3 Å². The number of hydrogen-bond acceptors (Lipinski definition) is 3. The smallest absolute Gasteiger partial charge is 0.0728 e. The summed E-state index contributed by atoms with van der Waals surface area (Å²) < 4.78 is 1.88. The molecule has 0 bridgehead atoms. The summed E-state index contributed by atoms with van der Waals surface area (Å²) in [6, 6.07) is 0. The molecule has 12 heavy (non-hydrogen) atoms. The van der Waals surface area contributed by atoms with E-state index in [1.807, 2.05) is 25.0 Å². The van der Waals surface area contributed by atoms with Gasteiger partial charge in [-0.05, 0) is 25.9 Å². The molecular weight excluding hydrogens is 152 g/mol. The summed E-state index contributed by atoms with van der Waals surface area (Å²) in [5, 5.41) is 11.0. The molecule has 1 aromatic heterocycles. The first-order valence-electron chi connectivity index (χ1n) is 4.32. The third-order valence-corrected chi connectivity index (χ3v) is 2.52. The highest BCUT2D eigenvalue weighted by atomic mass is 15.4. The monoisotopic (exact) mass is 166 g/mol. The second-order valence-electron chi connectivity index (χ2n) is 3.44. The van der Waals surface area contributed by atoms with Crippen molar-refractivity contribution in [2.75, 3.05) is 13.6 Å². The molecule has 1 fully saturated rings. The molecule has 2 rings (SSSR count). The molecule has 2 unspecified atom stereocenters. The maximum absolute atomic E-state index is 3.92. The molecule has 4 nitrogen and oxygen atoms in total. The van der Waals surface area contributed by atoms with E-state index in [0.29, 0.717) is 5.92 Å². The molecule has 4 heteroatoms. The molecule has 0 spiro atoms. The lowest BCUT2D eigenvalue weighted by molar-refractivity contribution is 0.646. The molecule has 1 N–H and O–H groups in total. The fourth-order valence-corrected chi connectivity index (χ4v) is 1.73. The van der Waals surface area contributed by atoms with Crippen molar-refractivity contribution in [2.24, 2.45) is 13.0 Å². The molecule has 1 saturated carbocycles. The lowest BCUT2D eigenvalue weighted by Gasteiger charge is -1.98. The number of nitrogens with zero attached hydrogens (tertiary/aromatic N) is 3. The standard InChI is InChI=1S/C8H14N4/c1-9-4-6-3-7(6)8-5-10-11-12(8)2/h5-7,9H,3-4H2,1-2H3. The summed E-state index contributed by atoms with van der Waals surface area (Å²) in [6.45, 7) is 1.11. The molecule has 66 valence electrons. The predicted octanol–water partition coefficient (Wildman–Crippen LogP) is 0.138. The van der Waals surface area contributed by atoms with Crippen molar-refractivity contribution in [1.29, 1.82) is 0 Å². The van der Waals surface area contributed by atoms with Crippen LogP contribution in [0.25, 0.3) is 0 Å². The van der Waals surface area contributed by atoms with Crippen LogP contribution in [0.5, 0.6) is 0 Å². The fourth-order valence-electron chi connectivity index (χ4n) is 1.73. The highest BCUT2D eigenvalue weighted by Crippen LogP contribution is 2.46. The predicted molar refractivity (Wildman–Crippen MR) is 45.8 cm³/mol. The SMILES string of the molecule is CNCC1CC1c1cnnn1C. The average Bonchev–Trinajstić information content (AvgIpc) is 2.67. The number of hydrogen-bond donors (Lipinski definition) is 1. The van der Waals surface area contributed by atoms with Gasteiger partial charge in [0.25, 0.3) is 0 Å². The van der Waals surface area contributed by atoms with Crippen molar-refractivity contribution in [3.05, 3.63) is 11.9 Å². The van der Waals surface area contributed by atoms with Crippen LogP contribution in [-0.4, -0.2) is 28.6 Å². The van der Waals surface area contributed by atoms with Crippen LogP contribution in [0.4, 0.5) is 0 Å². The zero-order valence-corrected chi connectivity index (χ0v) is 7.49. The Bertz CT molecular complexity index is 268. The Kier molecular flexibility index (Phi) is 1.84. The van der Waals surface area contributed by atoms with Gasteiger partial charge in [-0.25, -0.2) is 0 Å². The van der Waals surface area contributed by atoms with Crippen LogP contribution in [0.2, 0.25) is 0 Å². The van der Waals surface area contributed by atoms with Crippen LogP contribution in [0, 0.1) is 5.92 Å². The van der Waals surface area contributed by atoms with E-state index in [9.17, 15) is 0 Å².